The SMILES string of the molecule is Cc1n[nH]c(C)c1CN1CCC(NC(=O)c2ccccc2)CC1. The van der Waals surface area contributed by atoms with Gasteiger partial charge in [0.25, 0.3) is 5.91 Å². The van der Waals surface area contributed by atoms with Crippen molar-refractivity contribution in [3.8, 4) is 0 Å². The van der Waals surface area contributed by atoms with Crippen LogP contribution < -0.4 is 5.32 Å². The first-order valence-corrected chi connectivity index (χ1v) is 8.22. The summed E-state index contributed by atoms with van der Waals surface area (Å²) in [6, 6.07) is 9.70. The van der Waals surface area contributed by atoms with Crippen LogP contribution in [0.5, 0.6) is 0 Å². The van der Waals surface area contributed by atoms with Crippen molar-refractivity contribution in [1.82, 2.24) is 20.4 Å². The van der Waals surface area contributed by atoms with E-state index in [-0.39, 0.29) is 11.9 Å². The third kappa shape index (κ3) is 3.79. The molecule has 0 radical (unpaired) electrons. The lowest BCUT2D eigenvalue weighted by molar-refractivity contribution is 0.0909. The van der Waals surface area contributed by atoms with E-state index in [2.05, 4.69) is 27.3 Å². The van der Waals surface area contributed by atoms with Crippen LogP contribution in [-0.2, 0) is 6.54 Å². The number of benzene rings is 1. The number of hydrogen-bond acceptors (Lipinski definition) is 3. The van der Waals surface area contributed by atoms with Crippen molar-refractivity contribution in [3.63, 3.8) is 0 Å². The third-order valence-electron chi connectivity index (χ3n) is 4.62. The predicted octanol–water partition coefficient (Wildman–Crippen LogP) is 2.42. The number of aryl methyl sites for hydroxylation is 2. The number of nitrogens with one attached hydrogen (secondary N) is 2. The van der Waals surface area contributed by atoms with Gasteiger partial charge in [-0.2, -0.15) is 5.10 Å². The minimum absolute atomic E-state index is 0.0329. The molecular formula is C18H24N4O. The zero-order chi connectivity index (χ0) is 16.2. The van der Waals surface area contributed by atoms with E-state index in [0.717, 1.165) is 49.4 Å². The van der Waals surface area contributed by atoms with Gasteiger partial charge in [0.1, 0.15) is 0 Å². The molecule has 122 valence electrons. The van der Waals surface area contributed by atoms with E-state index in [9.17, 15) is 4.79 Å². The molecule has 1 aliphatic heterocycles. The Morgan fingerprint density at radius 2 is 1.96 bits per heavy atom. The zero-order valence-electron chi connectivity index (χ0n) is 13.8. The van der Waals surface area contributed by atoms with Gasteiger partial charge in [0.2, 0.25) is 0 Å². The summed E-state index contributed by atoms with van der Waals surface area (Å²) < 4.78 is 0. The lowest BCUT2D eigenvalue weighted by atomic mass is 10.0. The number of amides is 1. The van der Waals surface area contributed by atoms with Gasteiger partial charge in [-0.3, -0.25) is 14.8 Å². The molecule has 5 nitrogen and oxygen atoms in total. The van der Waals surface area contributed by atoms with Crippen molar-refractivity contribution >= 4 is 5.91 Å². The highest BCUT2D eigenvalue weighted by molar-refractivity contribution is 5.94. The van der Waals surface area contributed by atoms with Crippen LogP contribution in [0.1, 0.15) is 40.2 Å². The highest BCUT2D eigenvalue weighted by Crippen LogP contribution is 2.17. The molecule has 0 spiro atoms. The van der Waals surface area contributed by atoms with E-state index in [1.165, 1.54) is 5.56 Å². The van der Waals surface area contributed by atoms with E-state index in [1.54, 1.807) is 0 Å². The summed E-state index contributed by atoms with van der Waals surface area (Å²) in [5.74, 6) is 0.0329. The first kappa shape index (κ1) is 15.7. The second kappa shape index (κ2) is 6.96. The molecule has 0 bridgehead atoms. The molecule has 0 saturated carbocycles. The molecule has 0 unspecified atom stereocenters. The van der Waals surface area contributed by atoms with Crippen molar-refractivity contribution < 1.29 is 4.79 Å². The van der Waals surface area contributed by atoms with Crippen molar-refractivity contribution in [1.29, 1.82) is 0 Å². The van der Waals surface area contributed by atoms with E-state index in [0.29, 0.717) is 0 Å². The Morgan fingerprint density at radius 3 is 2.57 bits per heavy atom. The molecule has 2 N–H and O–H groups in total. The maximum Gasteiger partial charge on any atom is 0.251 e. The molecule has 1 aromatic heterocycles. The monoisotopic (exact) mass is 312 g/mol. The normalized spacial score (nSPS) is 16.4. The first-order chi connectivity index (χ1) is 11.1. The van der Waals surface area contributed by atoms with Crippen LogP contribution in [0.15, 0.2) is 30.3 Å². The Hall–Kier alpha value is -2.14. The van der Waals surface area contributed by atoms with E-state index in [1.807, 2.05) is 37.3 Å². The van der Waals surface area contributed by atoms with Crippen LogP contribution >= 0.6 is 0 Å². The quantitative estimate of drug-likeness (QED) is 0.911. The van der Waals surface area contributed by atoms with Gasteiger partial charge in [-0.05, 0) is 38.8 Å². The van der Waals surface area contributed by atoms with Crippen LogP contribution in [-0.4, -0.2) is 40.1 Å². The van der Waals surface area contributed by atoms with Crippen LogP contribution in [0.4, 0.5) is 0 Å². The molecule has 1 aromatic carbocycles. The highest BCUT2D eigenvalue weighted by atomic mass is 16.1. The van der Waals surface area contributed by atoms with E-state index in [4.69, 9.17) is 0 Å². The number of carbonyl (C=O) groups is 1. The highest BCUT2D eigenvalue weighted by Gasteiger charge is 2.22. The Morgan fingerprint density at radius 1 is 1.26 bits per heavy atom. The molecule has 2 heterocycles. The first-order valence-electron chi connectivity index (χ1n) is 8.22. The summed E-state index contributed by atoms with van der Waals surface area (Å²) >= 11 is 0. The van der Waals surface area contributed by atoms with Gasteiger partial charge in [0.15, 0.2) is 0 Å². The number of aromatic nitrogens is 2. The van der Waals surface area contributed by atoms with Gasteiger partial charge < -0.3 is 5.32 Å². The van der Waals surface area contributed by atoms with Crippen molar-refractivity contribution in [3.05, 3.63) is 52.8 Å². The van der Waals surface area contributed by atoms with Gasteiger partial charge in [0.05, 0.1) is 5.69 Å². The standard InChI is InChI=1S/C18H24N4O/c1-13-17(14(2)21-20-13)12-22-10-8-16(9-11-22)19-18(23)15-6-4-3-5-7-15/h3-7,16H,8-12H2,1-2H3,(H,19,23)(H,20,21). The average molecular weight is 312 g/mol. The average Bonchev–Trinajstić information content (AvgIpc) is 2.89. The number of piperidine rings is 1. The molecule has 2 aromatic rings. The molecule has 0 atom stereocenters. The Kier molecular flexibility index (Phi) is 4.76. The number of aromatic amines is 1. The summed E-state index contributed by atoms with van der Waals surface area (Å²) in [6.07, 6.45) is 1.99. The molecule has 1 amide bonds. The summed E-state index contributed by atoms with van der Waals surface area (Å²) in [5, 5.41) is 10.5. The number of hydrogen-bond donors (Lipinski definition) is 2. The molecule has 1 aliphatic rings. The topological polar surface area (TPSA) is 61.0 Å². The number of nitrogens with zero attached hydrogens (tertiary/aromatic N) is 2. The van der Waals surface area contributed by atoms with Crippen molar-refractivity contribution in [2.24, 2.45) is 0 Å². The van der Waals surface area contributed by atoms with Crippen molar-refractivity contribution in [2.45, 2.75) is 39.3 Å². The van der Waals surface area contributed by atoms with Crippen LogP contribution in [0, 0.1) is 13.8 Å². The predicted molar refractivity (Wildman–Crippen MR) is 90.3 cm³/mol. The molecular weight excluding hydrogens is 288 g/mol. The second-order valence-electron chi connectivity index (χ2n) is 6.30. The number of likely N-dealkylation sites (tertiary alicyclic amines) is 1. The maximum atomic E-state index is 12.2. The van der Waals surface area contributed by atoms with Crippen LogP contribution in [0.25, 0.3) is 0 Å². The fourth-order valence-electron chi connectivity index (χ4n) is 3.12. The van der Waals surface area contributed by atoms with E-state index < -0.39 is 0 Å². The van der Waals surface area contributed by atoms with Gasteiger partial charge in [-0.25, -0.2) is 0 Å². The van der Waals surface area contributed by atoms with Gasteiger partial charge in [-0.1, -0.05) is 18.2 Å². The fraction of sp³-hybridized carbons (Fsp3) is 0.444. The Labute approximate surface area is 137 Å². The molecule has 1 saturated heterocycles. The smallest absolute Gasteiger partial charge is 0.251 e. The fourth-order valence-corrected chi connectivity index (χ4v) is 3.12. The Bertz CT molecular complexity index is 637. The lowest BCUT2D eigenvalue weighted by Gasteiger charge is -2.32. The summed E-state index contributed by atoms with van der Waals surface area (Å²) in [5.41, 5.74) is 4.28. The largest absolute Gasteiger partial charge is 0.349 e. The number of carbonyl (C=O) groups excluding carboxylic acids is 1. The van der Waals surface area contributed by atoms with Gasteiger partial charge in [-0.15, -0.1) is 0 Å². The zero-order valence-corrected chi connectivity index (χ0v) is 13.8. The molecule has 5 heteroatoms. The van der Waals surface area contributed by atoms with Crippen LogP contribution in [0.3, 0.4) is 0 Å². The lowest BCUT2D eigenvalue weighted by Crippen LogP contribution is -2.44. The van der Waals surface area contributed by atoms with E-state index >= 15 is 0 Å². The molecule has 1 fully saturated rings. The minimum atomic E-state index is 0.0329. The van der Waals surface area contributed by atoms with Gasteiger partial charge >= 0.3 is 0 Å². The maximum absolute atomic E-state index is 12.2. The molecule has 3 rings (SSSR count). The molecule has 0 aliphatic carbocycles. The number of H-pyrrole nitrogens is 1. The molecule has 23 heavy (non-hydrogen) atoms. The third-order valence-corrected chi connectivity index (χ3v) is 4.62. The Balaban J connectivity index is 1.50. The summed E-state index contributed by atoms with van der Waals surface area (Å²) in [6.45, 7) is 7.06. The van der Waals surface area contributed by atoms with Crippen molar-refractivity contribution in [2.75, 3.05) is 13.1 Å². The van der Waals surface area contributed by atoms with Crippen LogP contribution in [0.2, 0.25) is 0 Å². The second-order valence-corrected chi connectivity index (χ2v) is 6.30. The summed E-state index contributed by atoms with van der Waals surface area (Å²) in [7, 11) is 0. The summed E-state index contributed by atoms with van der Waals surface area (Å²) in [4.78, 5) is 14.6. The number of rotatable bonds is 4. The minimum Gasteiger partial charge on any atom is -0.349 e. The van der Waals surface area contributed by atoms with Gasteiger partial charge in [0, 0.05) is 42.5 Å².